The average molecular weight is 324 g/mol. The molecule has 0 amide bonds. The summed E-state index contributed by atoms with van der Waals surface area (Å²) in [7, 11) is 0. The molecule has 0 saturated heterocycles. The highest BCUT2D eigenvalue weighted by Crippen LogP contribution is 2.26. The molecule has 0 fully saturated rings. The summed E-state index contributed by atoms with van der Waals surface area (Å²) >= 11 is 7.24. The molecule has 0 aliphatic carbocycles. The Labute approximate surface area is 127 Å². The maximum Gasteiger partial charge on any atom is 0.308 e. The van der Waals surface area contributed by atoms with Crippen molar-refractivity contribution in [2.75, 3.05) is 0 Å². The third kappa shape index (κ3) is 2.45. The van der Waals surface area contributed by atoms with Gasteiger partial charge in [0.15, 0.2) is 0 Å². The molecule has 8 heteroatoms. The van der Waals surface area contributed by atoms with Gasteiger partial charge >= 0.3 is 5.97 Å². The highest BCUT2D eigenvalue weighted by molar-refractivity contribution is 7.20. The molecule has 108 valence electrons. The largest absolute Gasteiger partial charge is 0.481 e. The molecule has 21 heavy (non-hydrogen) atoms. The normalized spacial score (nSPS) is 11.1. The van der Waals surface area contributed by atoms with Gasteiger partial charge in [-0.1, -0.05) is 22.9 Å². The number of rotatable bonds is 3. The fraction of sp³-hybridized carbons (Fsp3) is 0.154. The summed E-state index contributed by atoms with van der Waals surface area (Å²) in [4.78, 5) is 27.4. The molecule has 3 rings (SSSR count). The van der Waals surface area contributed by atoms with Crippen LogP contribution in [0.5, 0.6) is 0 Å². The third-order valence-electron chi connectivity index (χ3n) is 3.05. The van der Waals surface area contributed by atoms with Crippen LogP contribution in [0.3, 0.4) is 0 Å². The summed E-state index contributed by atoms with van der Waals surface area (Å²) in [6.45, 7) is 1.67. The van der Waals surface area contributed by atoms with E-state index in [0.717, 1.165) is 10.2 Å². The first kappa shape index (κ1) is 13.8. The second kappa shape index (κ2) is 5.01. The minimum atomic E-state index is -1.04. The highest BCUT2D eigenvalue weighted by Gasteiger charge is 2.17. The van der Waals surface area contributed by atoms with Gasteiger partial charge in [0.25, 0.3) is 5.56 Å². The van der Waals surface area contributed by atoms with Crippen LogP contribution < -0.4 is 5.56 Å². The monoisotopic (exact) mass is 323 g/mol. The maximum atomic E-state index is 12.3. The van der Waals surface area contributed by atoms with Crippen LogP contribution in [0.2, 0.25) is 5.02 Å². The second-order valence-corrected chi connectivity index (χ2v) is 5.98. The average Bonchev–Trinajstić information content (AvgIpc) is 2.93. The fourth-order valence-electron chi connectivity index (χ4n) is 2.06. The van der Waals surface area contributed by atoms with Gasteiger partial charge in [-0.25, -0.2) is 4.98 Å². The van der Waals surface area contributed by atoms with Crippen molar-refractivity contribution in [3.63, 3.8) is 0 Å². The minimum absolute atomic E-state index is 0.236. The van der Waals surface area contributed by atoms with Crippen LogP contribution in [0.25, 0.3) is 15.3 Å². The Kier molecular flexibility index (Phi) is 3.30. The van der Waals surface area contributed by atoms with Gasteiger partial charge in [0.05, 0.1) is 22.2 Å². The molecule has 0 bridgehead atoms. The van der Waals surface area contributed by atoms with E-state index >= 15 is 0 Å². The zero-order valence-corrected chi connectivity index (χ0v) is 12.5. The van der Waals surface area contributed by atoms with E-state index in [-0.39, 0.29) is 17.5 Å². The first-order chi connectivity index (χ1) is 9.95. The van der Waals surface area contributed by atoms with Gasteiger partial charge in [-0.2, -0.15) is 4.68 Å². The number of benzene rings is 1. The number of fused-ring (bicyclic) bond motifs is 1. The topological polar surface area (TPSA) is 88.0 Å². The Morgan fingerprint density at radius 3 is 3.00 bits per heavy atom. The predicted molar refractivity (Wildman–Crippen MR) is 80.7 cm³/mol. The number of aliphatic carboxylic acids is 1. The number of carboxylic acids is 1. The molecule has 1 aromatic carbocycles. The minimum Gasteiger partial charge on any atom is -0.481 e. The van der Waals surface area contributed by atoms with E-state index in [4.69, 9.17) is 16.7 Å². The summed E-state index contributed by atoms with van der Waals surface area (Å²) in [6, 6.07) is 5.28. The predicted octanol–water partition coefficient (Wildman–Crippen LogP) is 2.36. The Morgan fingerprint density at radius 1 is 1.52 bits per heavy atom. The van der Waals surface area contributed by atoms with Crippen LogP contribution >= 0.6 is 22.9 Å². The van der Waals surface area contributed by atoms with Crippen molar-refractivity contribution in [2.24, 2.45) is 0 Å². The number of aryl methyl sites for hydroxylation is 1. The third-order valence-corrected chi connectivity index (χ3v) is 4.29. The molecule has 0 spiro atoms. The molecule has 0 radical (unpaired) electrons. The number of nitrogens with zero attached hydrogens (tertiary/aromatic N) is 2. The number of carboxylic acid groups (broad SMARTS) is 1. The van der Waals surface area contributed by atoms with E-state index in [1.165, 1.54) is 16.0 Å². The number of H-pyrrole nitrogens is 1. The van der Waals surface area contributed by atoms with Crippen molar-refractivity contribution < 1.29 is 9.90 Å². The Bertz CT molecular complexity index is 909. The molecule has 0 aliphatic heterocycles. The molecule has 0 saturated carbocycles. The Hall–Kier alpha value is -2.12. The first-order valence-electron chi connectivity index (χ1n) is 6.04. The zero-order valence-electron chi connectivity index (χ0n) is 10.9. The Balaban J connectivity index is 2.14. The number of aromatic amines is 1. The standard InChI is InChI=1S/C13H10ClN3O3S/c1-6-8(5-11(18)19)12(20)17(16-6)13-15-9-3-2-7(14)4-10(9)21-13/h2-4,16H,5H2,1H3,(H,18,19). The van der Waals surface area contributed by atoms with E-state index in [1.54, 1.807) is 25.1 Å². The summed E-state index contributed by atoms with van der Waals surface area (Å²) < 4.78 is 2.13. The fourth-order valence-corrected chi connectivity index (χ4v) is 3.26. The summed E-state index contributed by atoms with van der Waals surface area (Å²) in [5.74, 6) is -1.04. The van der Waals surface area contributed by atoms with Crippen molar-refractivity contribution >= 4 is 39.1 Å². The van der Waals surface area contributed by atoms with Crippen LogP contribution in [0, 0.1) is 6.92 Å². The number of hydrogen-bond donors (Lipinski definition) is 2. The lowest BCUT2D eigenvalue weighted by atomic mass is 10.2. The number of carbonyl (C=O) groups is 1. The van der Waals surface area contributed by atoms with Gasteiger partial charge in [-0.15, -0.1) is 0 Å². The first-order valence-corrected chi connectivity index (χ1v) is 7.24. The SMILES string of the molecule is Cc1[nH]n(-c2nc3ccc(Cl)cc3s2)c(=O)c1CC(=O)O. The highest BCUT2D eigenvalue weighted by atomic mass is 35.5. The molecule has 0 aliphatic rings. The van der Waals surface area contributed by atoms with E-state index in [0.29, 0.717) is 15.8 Å². The van der Waals surface area contributed by atoms with E-state index in [1.807, 2.05) is 0 Å². The molecule has 0 atom stereocenters. The molecule has 0 unspecified atom stereocenters. The van der Waals surface area contributed by atoms with Crippen molar-refractivity contribution in [1.82, 2.24) is 14.8 Å². The van der Waals surface area contributed by atoms with Gasteiger partial charge in [0, 0.05) is 10.7 Å². The molecule has 3 aromatic rings. The van der Waals surface area contributed by atoms with Crippen LogP contribution in [0.4, 0.5) is 0 Å². The quantitative estimate of drug-likeness (QED) is 0.774. The summed E-state index contributed by atoms with van der Waals surface area (Å²) in [5, 5.41) is 12.8. The maximum absolute atomic E-state index is 12.3. The van der Waals surface area contributed by atoms with Crippen LogP contribution in [0.1, 0.15) is 11.3 Å². The zero-order chi connectivity index (χ0) is 15.1. The lowest BCUT2D eigenvalue weighted by molar-refractivity contribution is -0.136. The lowest BCUT2D eigenvalue weighted by Crippen LogP contribution is -2.19. The molecule has 2 aromatic heterocycles. The number of hydrogen-bond acceptors (Lipinski definition) is 4. The summed E-state index contributed by atoms with van der Waals surface area (Å²) in [5.41, 5.74) is 1.11. The molecular weight excluding hydrogens is 314 g/mol. The van der Waals surface area contributed by atoms with Crippen molar-refractivity contribution in [2.45, 2.75) is 13.3 Å². The van der Waals surface area contributed by atoms with Gasteiger partial charge in [0.2, 0.25) is 5.13 Å². The summed E-state index contributed by atoms with van der Waals surface area (Å²) in [6.07, 6.45) is -0.315. The number of thiazole rings is 1. The van der Waals surface area contributed by atoms with Crippen molar-refractivity contribution in [3.8, 4) is 5.13 Å². The molecule has 2 heterocycles. The number of aromatic nitrogens is 3. The Morgan fingerprint density at radius 2 is 2.29 bits per heavy atom. The van der Waals surface area contributed by atoms with E-state index in [2.05, 4.69) is 10.1 Å². The molecule has 6 nitrogen and oxygen atoms in total. The van der Waals surface area contributed by atoms with E-state index in [9.17, 15) is 9.59 Å². The van der Waals surface area contributed by atoms with Crippen LogP contribution in [-0.4, -0.2) is 25.8 Å². The second-order valence-electron chi connectivity index (χ2n) is 4.53. The van der Waals surface area contributed by atoms with Crippen LogP contribution in [-0.2, 0) is 11.2 Å². The van der Waals surface area contributed by atoms with Gasteiger partial charge in [-0.3, -0.25) is 14.7 Å². The van der Waals surface area contributed by atoms with E-state index < -0.39 is 5.97 Å². The van der Waals surface area contributed by atoms with Crippen molar-refractivity contribution in [1.29, 1.82) is 0 Å². The number of nitrogens with one attached hydrogen (secondary N) is 1. The lowest BCUT2D eigenvalue weighted by Gasteiger charge is -1.92. The number of halogens is 1. The smallest absolute Gasteiger partial charge is 0.308 e. The van der Waals surface area contributed by atoms with Gasteiger partial charge in [0.1, 0.15) is 0 Å². The molecular formula is C13H10ClN3O3S. The van der Waals surface area contributed by atoms with Gasteiger partial charge < -0.3 is 5.11 Å². The van der Waals surface area contributed by atoms with Crippen LogP contribution in [0.15, 0.2) is 23.0 Å². The molecule has 2 N–H and O–H groups in total. The van der Waals surface area contributed by atoms with Crippen molar-refractivity contribution in [3.05, 3.63) is 44.8 Å². The van der Waals surface area contributed by atoms with Gasteiger partial charge in [-0.05, 0) is 25.1 Å².